The van der Waals surface area contributed by atoms with Gasteiger partial charge in [0.25, 0.3) is 6.29 Å². The van der Waals surface area contributed by atoms with Gasteiger partial charge in [0.1, 0.15) is 0 Å². The lowest BCUT2D eigenvalue weighted by Gasteiger charge is -2.51. The molecule has 5 nitrogen and oxygen atoms in total. The molecule has 2 saturated carbocycles. The molecule has 3 aliphatic rings. The fourth-order valence-electron chi connectivity index (χ4n) is 6.66. The van der Waals surface area contributed by atoms with Crippen LogP contribution in [0.1, 0.15) is 88.7 Å². The minimum absolute atomic E-state index is 0.184. The summed E-state index contributed by atoms with van der Waals surface area (Å²) in [6.07, 6.45) is 5.76. The van der Waals surface area contributed by atoms with Gasteiger partial charge in [0.2, 0.25) is 0 Å². The molecule has 2 fully saturated rings. The van der Waals surface area contributed by atoms with Crippen molar-refractivity contribution in [2.75, 3.05) is 0 Å². The molecule has 0 spiro atoms. The Morgan fingerprint density at radius 3 is 2.45 bits per heavy atom. The molecule has 0 unspecified atom stereocenters. The van der Waals surface area contributed by atoms with E-state index in [4.69, 9.17) is 9.47 Å². The van der Waals surface area contributed by atoms with Gasteiger partial charge < -0.3 is 14.6 Å². The van der Waals surface area contributed by atoms with E-state index in [2.05, 4.69) is 24.3 Å². The second-order valence-corrected chi connectivity index (χ2v) is 9.79. The number of aliphatic hydroxyl groups excluding tert-OH is 1. The highest BCUT2D eigenvalue weighted by Crippen LogP contribution is 2.63. The number of aliphatic hydroxyl groups is 1. The largest absolute Gasteiger partial charge is 0.425 e. The van der Waals surface area contributed by atoms with Gasteiger partial charge in [-0.1, -0.05) is 38.1 Å². The number of aryl methyl sites for hydroxylation is 1. The summed E-state index contributed by atoms with van der Waals surface area (Å²) >= 11 is 0. The van der Waals surface area contributed by atoms with Gasteiger partial charge in [-0.3, -0.25) is 9.59 Å². The maximum absolute atomic E-state index is 12.5. The molecule has 170 valence electrons. The number of rotatable bonds is 7. The summed E-state index contributed by atoms with van der Waals surface area (Å²) in [5.74, 6) is 0.429. The highest BCUT2D eigenvalue weighted by Gasteiger charge is 2.61. The SMILES string of the molecule is CCCC(=O)OC(OC(=O)CCC)[C@]12CC[C@@H]3c4ccccc4CC[C@H]3[C@@H]1C[C@@H](O)C2. The van der Waals surface area contributed by atoms with Gasteiger partial charge in [-0.05, 0) is 80.2 Å². The monoisotopic (exact) mass is 428 g/mol. The Bertz CT molecular complexity index is 785. The van der Waals surface area contributed by atoms with Crippen molar-refractivity contribution < 1.29 is 24.2 Å². The molecule has 1 aromatic carbocycles. The van der Waals surface area contributed by atoms with Crippen molar-refractivity contribution in [2.24, 2.45) is 17.3 Å². The van der Waals surface area contributed by atoms with Crippen LogP contribution in [0.25, 0.3) is 0 Å². The molecule has 1 aromatic rings. The third-order valence-corrected chi connectivity index (χ3v) is 7.89. The molecule has 0 radical (unpaired) electrons. The van der Waals surface area contributed by atoms with Gasteiger partial charge in [0.05, 0.1) is 11.5 Å². The molecule has 5 atom stereocenters. The van der Waals surface area contributed by atoms with Gasteiger partial charge in [-0.25, -0.2) is 0 Å². The van der Waals surface area contributed by atoms with Crippen molar-refractivity contribution in [1.29, 1.82) is 0 Å². The lowest BCUT2D eigenvalue weighted by atomic mass is 9.55. The minimum atomic E-state index is -0.897. The Morgan fingerprint density at radius 2 is 1.77 bits per heavy atom. The molecular formula is C26H36O5. The highest BCUT2D eigenvalue weighted by atomic mass is 16.7. The van der Waals surface area contributed by atoms with Crippen molar-refractivity contribution in [2.45, 2.75) is 96.4 Å². The molecule has 0 heterocycles. The fourth-order valence-corrected chi connectivity index (χ4v) is 6.66. The van der Waals surface area contributed by atoms with Crippen LogP contribution in [0.15, 0.2) is 24.3 Å². The third-order valence-electron chi connectivity index (χ3n) is 7.89. The molecule has 0 aliphatic heterocycles. The number of ether oxygens (including phenoxy) is 2. The number of benzene rings is 1. The van der Waals surface area contributed by atoms with E-state index < -0.39 is 17.8 Å². The second kappa shape index (κ2) is 9.32. The summed E-state index contributed by atoms with van der Waals surface area (Å²) in [7, 11) is 0. The summed E-state index contributed by atoms with van der Waals surface area (Å²) < 4.78 is 11.7. The van der Waals surface area contributed by atoms with Gasteiger partial charge in [-0.2, -0.15) is 0 Å². The lowest BCUT2D eigenvalue weighted by molar-refractivity contribution is -0.229. The molecule has 0 saturated heterocycles. The van der Waals surface area contributed by atoms with Crippen molar-refractivity contribution in [1.82, 2.24) is 0 Å². The van der Waals surface area contributed by atoms with Crippen LogP contribution in [0.2, 0.25) is 0 Å². The first kappa shape index (κ1) is 22.3. The Kier molecular flexibility index (Phi) is 6.71. The maximum atomic E-state index is 12.5. The van der Waals surface area contributed by atoms with E-state index in [0.717, 1.165) is 25.7 Å². The van der Waals surface area contributed by atoms with E-state index >= 15 is 0 Å². The average molecular weight is 429 g/mol. The van der Waals surface area contributed by atoms with Gasteiger partial charge >= 0.3 is 11.9 Å². The first-order chi connectivity index (χ1) is 15.0. The summed E-state index contributed by atoms with van der Waals surface area (Å²) in [5.41, 5.74) is 2.39. The smallest absolute Gasteiger partial charge is 0.308 e. The number of esters is 2. The van der Waals surface area contributed by atoms with Crippen molar-refractivity contribution in [3.8, 4) is 0 Å². The number of fused-ring (bicyclic) bond motifs is 5. The van der Waals surface area contributed by atoms with E-state index in [-0.39, 0.29) is 17.9 Å². The van der Waals surface area contributed by atoms with E-state index in [0.29, 0.717) is 50.4 Å². The predicted molar refractivity (Wildman–Crippen MR) is 117 cm³/mol. The maximum Gasteiger partial charge on any atom is 0.308 e. The lowest BCUT2D eigenvalue weighted by Crippen LogP contribution is -2.50. The van der Waals surface area contributed by atoms with Crippen LogP contribution in [-0.4, -0.2) is 29.4 Å². The Hall–Kier alpha value is -1.88. The summed E-state index contributed by atoms with van der Waals surface area (Å²) in [5, 5.41) is 10.8. The Balaban J connectivity index is 1.65. The first-order valence-electron chi connectivity index (χ1n) is 12.1. The zero-order valence-electron chi connectivity index (χ0n) is 18.8. The minimum Gasteiger partial charge on any atom is -0.425 e. The quantitative estimate of drug-likeness (QED) is 0.494. The van der Waals surface area contributed by atoms with Gasteiger partial charge in [0.15, 0.2) is 0 Å². The molecule has 31 heavy (non-hydrogen) atoms. The molecule has 0 aromatic heterocycles. The van der Waals surface area contributed by atoms with Crippen LogP contribution in [0.5, 0.6) is 0 Å². The summed E-state index contributed by atoms with van der Waals surface area (Å²) in [4.78, 5) is 24.9. The number of hydrogen-bond donors (Lipinski definition) is 1. The zero-order chi connectivity index (χ0) is 22.0. The zero-order valence-corrected chi connectivity index (χ0v) is 18.8. The second-order valence-electron chi connectivity index (χ2n) is 9.79. The van der Waals surface area contributed by atoms with Gasteiger partial charge in [-0.15, -0.1) is 0 Å². The number of carbonyl (C=O) groups is 2. The summed E-state index contributed by atoms with van der Waals surface area (Å²) in [6, 6.07) is 8.72. The standard InChI is InChI=1S/C26H36O5/c1-3-7-23(28)30-25(31-24(29)8-4-2)26-14-13-20-19-10-6-5-9-17(19)11-12-21(20)22(26)15-18(27)16-26/h5-6,9-10,18,20-22,25,27H,3-4,7-8,11-16H2,1-2H3/t18-,20-,21-,22+,26+/m1/s1. The van der Waals surface area contributed by atoms with E-state index in [9.17, 15) is 14.7 Å². The van der Waals surface area contributed by atoms with Crippen LogP contribution >= 0.6 is 0 Å². The normalized spacial score (nSPS) is 31.5. The van der Waals surface area contributed by atoms with E-state index in [1.165, 1.54) is 11.1 Å². The van der Waals surface area contributed by atoms with Crippen LogP contribution in [-0.2, 0) is 25.5 Å². The molecule has 3 aliphatic carbocycles. The Morgan fingerprint density at radius 1 is 1.10 bits per heavy atom. The van der Waals surface area contributed by atoms with Crippen molar-refractivity contribution >= 4 is 11.9 Å². The molecule has 1 N–H and O–H groups in total. The molecule has 4 rings (SSSR count). The number of carbonyl (C=O) groups excluding carboxylic acids is 2. The van der Waals surface area contributed by atoms with Crippen LogP contribution < -0.4 is 0 Å². The van der Waals surface area contributed by atoms with Gasteiger partial charge in [0, 0.05) is 12.8 Å². The topological polar surface area (TPSA) is 72.8 Å². The molecular weight excluding hydrogens is 392 g/mol. The van der Waals surface area contributed by atoms with Crippen molar-refractivity contribution in [3.05, 3.63) is 35.4 Å². The Labute approximate surface area is 185 Å². The third kappa shape index (κ3) is 4.26. The molecule has 0 amide bonds. The van der Waals surface area contributed by atoms with E-state index in [1.54, 1.807) is 0 Å². The van der Waals surface area contributed by atoms with Crippen LogP contribution in [0, 0.1) is 17.3 Å². The average Bonchev–Trinajstić information content (AvgIpc) is 3.11. The summed E-state index contributed by atoms with van der Waals surface area (Å²) in [6.45, 7) is 3.87. The van der Waals surface area contributed by atoms with Crippen LogP contribution in [0.3, 0.4) is 0 Å². The number of hydrogen-bond acceptors (Lipinski definition) is 5. The van der Waals surface area contributed by atoms with Crippen molar-refractivity contribution in [3.63, 3.8) is 0 Å². The predicted octanol–water partition coefficient (Wildman–Crippen LogP) is 4.90. The van der Waals surface area contributed by atoms with E-state index in [1.807, 2.05) is 13.8 Å². The molecule has 5 heteroatoms. The molecule has 0 bridgehead atoms. The fraction of sp³-hybridized carbons (Fsp3) is 0.692. The van der Waals surface area contributed by atoms with Crippen LogP contribution in [0.4, 0.5) is 0 Å². The highest BCUT2D eigenvalue weighted by molar-refractivity contribution is 5.71. The first-order valence-corrected chi connectivity index (χ1v) is 12.1.